The number of nitrogens with one attached hydrogen (secondary N) is 3. The van der Waals surface area contributed by atoms with Gasteiger partial charge in [0.1, 0.15) is 0 Å². The van der Waals surface area contributed by atoms with Crippen LogP contribution in [0.1, 0.15) is 23.7 Å². The molecule has 0 heterocycles. The summed E-state index contributed by atoms with van der Waals surface area (Å²) in [6.07, 6.45) is 0.210. The molecule has 0 bridgehead atoms. The third-order valence-electron chi connectivity index (χ3n) is 2.34. The standard InChI is InChI=1S/C13H16BrN3O3S/c1-2-20-8-7-11(18)16-17-13(21)15-12(19)9-5-3-4-6-10(9)14/h3-6H,2,7-8H2,1H3,(H,16,18)(H2,15,17,19,21). The minimum absolute atomic E-state index is 0.0144. The number of amides is 2. The maximum Gasteiger partial charge on any atom is 0.258 e. The van der Waals surface area contributed by atoms with Crippen LogP contribution in [-0.4, -0.2) is 30.1 Å². The van der Waals surface area contributed by atoms with Crippen LogP contribution in [0.15, 0.2) is 28.7 Å². The summed E-state index contributed by atoms with van der Waals surface area (Å²) in [6.45, 7) is 2.74. The molecule has 0 aliphatic heterocycles. The Hall–Kier alpha value is -1.51. The summed E-state index contributed by atoms with van der Waals surface area (Å²) < 4.78 is 5.71. The lowest BCUT2D eigenvalue weighted by Crippen LogP contribution is -2.48. The highest BCUT2D eigenvalue weighted by atomic mass is 79.9. The first kappa shape index (κ1) is 17.5. The first-order valence-corrected chi connectivity index (χ1v) is 7.47. The van der Waals surface area contributed by atoms with Crippen LogP contribution in [0.2, 0.25) is 0 Å². The number of thiocarbonyl (C=S) groups is 1. The molecule has 21 heavy (non-hydrogen) atoms. The molecule has 0 radical (unpaired) electrons. The van der Waals surface area contributed by atoms with Gasteiger partial charge >= 0.3 is 0 Å². The van der Waals surface area contributed by atoms with Crippen molar-refractivity contribution in [2.75, 3.05) is 13.2 Å². The van der Waals surface area contributed by atoms with E-state index in [4.69, 9.17) is 17.0 Å². The van der Waals surface area contributed by atoms with Crippen LogP contribution in [-0.2, 0) is 9.53 Å². The number of benzene rings is 1. The average molecular weight is 374 g/mol. The van der Waals surface area contributed by atoms with Crippen molar-refractivity contribution < 1.29 is 14.3 Å². The van der Waals surface area contributed by atoms with Crippen molar-refractivity contribution in [1.29, 1.82) is 0 Å². The average Bonchev–Trinajstić information content (AvgIpc) is 2.46. The molecule has 0 saturated carbocycles. The SMILES string of the molecule is CCOCCC(=O)NNC(=S)NC(=O)c1ccccc1Br. The van der Waals surface area contributed by atoms with E-state index >= 15 is 0 Å². The van der Waals surface area contributed by atoms with E-state index in [1.807, 2.05) is 6.92 Å². The van der Waals surface area contributed by atoms with Gasteiger partial charge in [-0.25, -0.2) is 0 Å². The predicted octanol–water partition coefficient (Wildman–Crippen LogP) is 1.51. The van der Waals surface area contributed by atoms with Gasteiger partial charge in [-0.1, -0.05) is 12.1 Å². The van der Waals surface area contributed by atoms with E-state index < -0.39 is 0 Å². The van der Waals surface area contributed by atoms with Gasteiger partial charge in [-0.05, 0) is 47.2 Å². The molecule has 6 nitrogen and oxygen atoms in total. The second kappa shape index (κ2) is 9.43. The number of ether oxygens (including phenoxy) is 1. The van der Waals surface area contributed by atoms with Crippen LogP contribution >= 0.6 is 28.1 Å². The molecule has 0 aromatic heterocycles. The zero-order valence-electron chi connectivity index (χ0n) is 11.4. The maximum atomic E-state index is 11.9. The van der Waals surface area contributed by atoms with Gasteiger partial charge in [0.05, 0.1) is 18.6 Å². The van der Waals surface area contributed by atoms with E-state index in [1.165, 1.54) is 0 Å². The Morgan fingerprint density at radius 3 is 2.67 bits per heavy atom. The number of rotatable bonds is 5. The molecule has 0 aliphatic carbocycles. The van der Waals surface area contributed by atoms with Crippen LogP contribution in [0.3, 0.4) is 0 Å². The summed E-state index contributed by atoms with van der Waals surface area (Å²) in [5, 5.41) is 2.48. The highest BCUT2D eigenvalue weighted by molar-refractivity contribution is 9.10. The van der Waals surface area contributed by atoms with Gasteiger partial charge in [-0.2, -0.15) is 0 Å². The minimum atomic E-state index is -0.372. The number of halogens is 1. The van der Waals surface area contributed by atoms with E-state index in [-0.39, 0.29) is 23.3 Å². The minimum Gasteiger partial charge on any atom is -0.381 e. The zero-order chi connectivity index (χ0) is 15.7. The van der Waals surface area contributed by atoms with Crippen molar-refractivity contribution in [3.05, 3.63) is 34.3 Å². The number of carbonyl (C=O) groups is 2. The number of hydrogen-bond acceptors (Lipinski definition) is 4. The topological polar surface area (TPSA) is 79.5 Å². The largest absolute Gasteiger partial charge is 0.381 e. The third kappa shape index (κ3) is 6.65. The Morgan fingerprint density at radius 1 is 1.29 bits per heavy atom. The second-order valence-corrected chi connectivity index (χ2v) is 5.15. The molecule has 0 atom stereocenters. The number of carbonyl (C=O) groups excluding carboxylic acids is 2. The van der Waals surface area contributed by atoms with Crippen molar-refractivity contribution in [1.82, 2.24) is 16.2 Å². The Balaban J connectivity index is 2.35. The van der Waals surface area contributed by atoms with Gasteiger partial charge in [-0.3, -0.25) is 25.8 Å². The molecule has 1 aromatic rings. The van der Waals surface area contributed by atoms with Crippen LogP contribution in [0, 0.1) is 0 Å². The second-order valence-electron chi connectivity index (χ2n) is 3.88. The molecule has 0 fully saturated rings. The lowest BCUT2D eigenvalue weighted by atomic mass is 10.2. The highest BCUT2D eigenvalue weighted by Gasteiger charge is 2.11. The highest BCUT2D eigenvalue weighted by Crippen LogP contribution is 2.15. The predicted molar refractivity (Wildman–Crippen MR) is 86.6 cm³/mol. The number of hydrogen-bond donors (Lipinski definition) is 3. The van der Waals surface area contributed by atoms with Gasteiger partial charge in [-0.15, -0.1) is 0 Å². The lowest BCUT2D eigenvalue weighted by Gasteiger charge is -2.11. The van der Waals surface area contributed by atoms with Crippen molar-refractivity contribution in [3.63, 3.8) is 0 Å². The molecule has 1 aromatic carbocycles. The lowest BCUT2D eigenvalue weighted by molar-refractivity contribution is -0.122. The van der Waals surface area contributed by atoms with Crippen molar-refractivity contribution in [3.8, 4) is 0 Å². The maximum absolute atomic E-state index is 11.9. The monoisotopic (exact) mass is 373 g/mol. The Labute approximate surface area is 136 Å². The van der Waals surface area contributed by atoms with E-state index in [0.29, 0.717) is 23.2 Å². The molecule has 2 amide bonds. The summed E-state index contributed by atoms with van der Waals surface area (Å²) in [6, 6.07) is 6.95. The fourth-order valence-corrected chi connectivity index (χ4v) is 1.95. The summed E-state index contributed by atoms with van der Waals surface area (Å²) >= 11 is 8.20. The van der Waals surface area contributed by atoms with E-state index in [9.17, 15) is 9.59 Å². The molecule has 8 heteroatoms. The molecule has 3 N–H and O–H groups in total. The van der Waals surface area contributed by atoms with Gasteiger partial charge in [0, 0.05) is 11.1 Å². The molecule has 1 rings (SSSR count). The van der Waals surface area contributed by atoms with Crippen molar-refractivity contribution in [2.45, 2.75) is 13.3 Å². The van der Waals surface area contributed by atoms with Gasteiger partial charge in [0.2, 0.25) is 5.91 Å². The Kier molecular flexibility index (Phi) is 7.88. The van der Waals surface area contributed by atoms with Gasteiger partial charge < -0.3 is 4.74 Å². The van der Waals surface area contributed by atoms with Crippen LogP contribution in [0.4, 0.5) is 0 Å². The van der Waals surface area contributed by atoms with Crippen molar-refractivity contribution >= 4 is 45.1 Å². The van der Waals surface area contributed by atoms with Gasteiger partial charge in [0.15, 0.2) is 5.11 Å². The molecule has 0 unspecified atom stereocenters. The summed E-state index contributed by atoms with van der Waals surface area (Å²) in [4.78, 5) is 23.3. The van der Waals surface area contributed by atoms with Crippen molar-refractivity contribution in [2.24, 2.45) is 0 Å². The Bertz CT molecular complexity index is 525. The summed E-state index contributed by atoms with van der Waals surface area (Å²) in [5.41, 5.74) is 5.28. The van der Waals surface area contributed by atoms with Crippen LogP contribution in [0.25, 0.3) is 0 Å². The van der Waals surface area contributed by atoms with E-state index in [2.05, 4.69) is 32.1 Å². The fraction of sp³-hybridized carbons (Fsp3) is 0.308. The quantitative estimate of drug-likeness (QED) is 0.414. The fourth-order valence-electron chi connectivity index (χ4n) is 1.35. The van der Waals surface area contributed by atoms with E-state index in [1.54, 1.807) is 24.3 Å². The van der Waals surface area contributed by atoms with E-state index in [0.717, 1.165) is 0 Å². The first-order valence-electron chi connectivity index (χ1n) is 6.27. The first-order chi connectivity index (χ1) is 10.0. The smallest absolute Gasteiger partial charge is 0.258 e. The molecular weight excluding hydrogens is 358 g/mol. The van der Waals surface area contributed by atoms with Crippen LogP contribution in [0.5, 0.6) is 0 Å². The normalized spacial score (nSPS) is 9.81. The number of hydrazine groups is 1. The zero-order valence-corrected chi connectivity index (χ0v) is 13.8. The van der Waals surface area contributed by atoms with Crippen LogP contribution < -0.4 is 16.2 Å². The third-order valence-corrected chi connectivity index (χ3v) is 3.23. The molecule has 0 spiro atoms. The molecule has 0 aliphatic rings. The Morgan fingerprint density at radius 2 is 2.00 bits per heavy atom. The summed E-state index contributed by atoms with van der Waals surface area (Å²) in [7, 11) is 0. The molecule has 114 valence electrons. The summed E-state index contributed by atoms with van der Waals surface area (Å²) in [5.74, 6) is -0.649. The van der Waals surface area contributed by atoms with Gasteiger partial charge in [0.25, 0.3) is 5.91 Å². The molecule has 0 saturated heterocycles. The molecular formula is C13H16BrN3O3S.